The summed E-state index contributed by atoms with van der Waals surface area (Å²) in [5, 5.41) is 14.2. The predicted octanol–water partition coefficient (Wildman–Crippen LogP) is 4.01. The van der Waals surface area contributed by atoms with Gasteiger partial charge in [-0.3, -0.25) is 4.79 Å². The summed E-state index contributed by atoms with van der Waals surface area (Å²) in [6.45, 7) is 4.67. The molecule has 0 bridgehead atoms. The van der Waals surface area contributed by atoms with Crippen LogP contribution in [0.15, 0.2) is 54.6 Å². The molecule has 2 N–H and O–H groups in total. The molecular formula is C22H24N4O2. The van der Waals surface area contributed by atoms with Crippen LogP contribution in [0.4, 0.5) is 11.5 Å². The summed E-state index contributed by atoms with van der Waals surface area (Å²) in [6, 6.07) is 17.1. The highest BCUT2D eigenvalue weighted by Gasteiger charge is 2.11. The average molecular weight is 376 g/mol. The second-order valence-corrected chi connectivity index (χ2v) is 6.49. The molecule has 0 aliphatic rings. The van der Waals surface area contributed by atoms with Gasteiger partial charge in [-0.2, -0.15) is 0 Å². The minimum Gasteiger partial charge on any atom is -0.496 e. The number of aryl methyl sites for hydroxylation is 1. The summed E-state index contributed by atoms with van der Waals surface area (Å²) in [5.41, 5.74) is 4.34. The summed E-state index contributed by atoms with van der Waals surface area (Å²) in [5.74, 6) is 1.22. The van der Waals surface area contributed by atoms with Crippen molar-refractivity contribution in [3.05, 3.63) is 77.0 Å². The second-order valence-electron chi connectivity index (χ2n) is 6.49. The molecular weight excluding hydrogens is 352 g/mol. The minimum absolute atomic E-state index is 0.274. The van der Waals surface area contributed by atoms with Gasteiger partial charge >= 0.3 is 0 Å². The van der Waals surface area contributed by atoms with Crippen molar-refractivity contribution in [3.63, 3.8) is 0 Å². The maximum atomic E-state index is 12.4. The molecule has 6 heteroatoms. The molecule has 0 aliphatic carbocycles. The molecule has 1 aromatic heterocycles. The van der Waals surface area contributed by atoms with Crippen molar-refractivity contribution in [1.82, 2.24) is 10.2 Å². The number of benzene rings is 2. The van der Waals surface area contributed by atoms with Gasteiger partial charge in [0.15, 0.2) is 5.69 Å². The average Bonchev–Trinajstić information content (AvgIpc) is 2.72. The van der Waals surface area contributed by atoms with E-state index < -0.39 is 0 Å². The summed E-state index contributed by atoms with van der Waals surface area (Å²) in [6.07, 6.45) is 0.792. The predicted molar refractivity (Wildman–Crippen MR) is 111 cm³/mol. The highest BCUT2D eigenvalue weighted by molar-refractivity contribution is 6.03. The normalized spacial score (nSPS) is 10.4. The van der Waals surface area contributed by atoms with Gasteiger partial charge in [-0.1, -0.05) is 30.3 Å². The Morgan fingerprint density at radius 2 is 1.82 bits per heavy atom. The lowest BCUT2D eigenvalue weighted by Crippen LogP contribution is -2.16. The number of methoxy groups -OCH3 is 1. The zero-order chi connectivity index (χ0) is 19.9. The first kappa shape index (κ1) is 19.4. The number of para-hydroxylation sites is 1. The van der Waals surface area contributed by atoms with E-state index in [9.17, 15) is 4.79 Å². The molecule has 2 aromatic carbocycles. The number of hydrogen-bond donors (Lipinski definition) is 2. The van der Waals surface area contributed by atoms with E-state index in [0.717, 1.165) is 34.5 Å². The van der Waals surface area contributed by atoms with Gasteiger partial charge < -0.3 is 15.4 Å². The van der Waals surface area contributed by atoms with Crippen LogP contribution in [0.1, 0.15) is 27.2 Å². The molecule has 0 unspecified atom stereocenters. The van der Waals surface area contributed by atoms with Gasteiger partial charge in [-0.05, 0) is 61.2 Å². The Kier molecular flexibility index (Phi) is 6.22. The fourth-order valence-corrected chi connectivity index (χ4v) is 2.86. The summed E-state index contributed by atoms with van der Waals surface area (Å²) < 4.78 is 5.35. The second kappa shape index (κ2) is 8.99. The van der Waals surface area contributed by atoms with Crippen LogP contribution in [-0.4, -0.2) is 29.8 Å². The third kappa shape index (κ3) is 4.65. The lowest BCUT2D eigenvalue weighted by molar-refractivity contribution is 0.102. The molecule has 0 aliphatic heterocycles. The molecule has 0 fully saturated rings. The van der Waals surface area contributed by atoms with Crippen molar-refractivity contribution >= 4 is 17.4 Å². The van der Waals surface area contributed by atoms with Crippen LogP contribution in [0.5, 0.6) is 5.75 Å². The molecule has 0 saturated carbocycles. The highest BCUT2D eigenvalue weighted by atomic mass is 16.5. The van der Waals surface area contributed by atoms with E-state index in [2.05, 4.69) is 20.8 Å². The Balaban J connectivity index is 1.57. The molecule has 0 spiro atoms. The number of nitrogens with one attached hydrogen (secondary N) is 2. The van der Waals surface area contributed by atoms with E-state index in [0.29, 0.717) is 12.4 Å². The van der Waals surface area contributed by atoms with E-state index in [4.69, 9.17) is 4.74 Å². The fourth-order valence-electron chi connectivity index (χ4n) is 2.86. The number of hydrogen-bond acceptors (Lipinski definition) is 5. The third-order valence-corrected chi connectivity index (χ3v) is 4.64. The first-order valence-corrected chi connectivity index (χ1v) is 9.15. The number of rotatable bonds is 7. The van der Waals surface area contributed by atoms with Crippen molar-refractivity contribution in [2.45, 2.75) is 20.3 Å². The summed E-state index contributed by atoms with van der Waals surface area (Å²) >= 11 is 0. The maximum absolute atomic E-state index is 12.4. The topological polar surface area (TPSA) is 76.1 Å². The van der Waals surface area contributed by atoms with E-state index in [1.807, 2.05) is 56.3 Å². The van der Waals surface area contributed by atoms with Gasteiger partial charge in [0.05, 0.1) is 7.11 Å². The molecule has 1 amide bonds. The van der Waals surface area contributed by atoms with Crippen LogP contribution in [0.25, 0.3) is 0 Å². The SMILES string of the molecule is COc1ccccc1CCNc1ccc(C(=O)Nc2cccc(C)c2C)nn1. The van der Waals surface area contributed by atoms with Gasteiger partial charge in [-0.15, -0.1) is 10.2 Å². The van der Waals surface area contributed by atoms with Gasteiger partial charge in [0, 0.05) is 12.2 Å². The van der Waals surface area contributed by atoms with Crippen LogP contribution >= 0.6 is 0 Å². The Bertz CT molecular complexity index is 955. The van der Waals surface area contributed by atoms with Crippen LogP contribution in [0.2, 0.25) is 0 Å². The summed E-state index contributed by atoms with van der Waals surface area (Å²) in [7, 11) is 1.67. The molecule has 144 valence electrons. The smallest absolute Gasteiger partial charge is 0.276 e. The molecule has 28 heavy (non-hydrogen) atoms. The Hall–Kier alpha value is -3.41. The standard InChI is InChI=1S/C22H24N4O2/c1-15-7-6-9-18(16(15)2)24-22(27)19-11-12-21(26-25-19)23-14-13-17-8-4-5-10-20(17)28-3/h4-12H,13-14H2,1-3H3,(H,23,26)(H,24,27). The van der Waals surface area contributed by atoms with Crippen molar-refractivity contribution in [1.29, 1.82) is 0 Å². The quantitative estimate of drug-likeness (QED) is 0.652. The minimum atomic E-state index is -0.276. The first-order chi connectivity index (χ1) is 13.6. The third-order valence-electron chi connectivity index (χ3n) is 4.64. The summed E-state index contributed by atoms with van der Waals surface area (Å²) in [4.78, 5) is 12.4. The number of amides is 1. The number of anilines is 2. The zero-order valence-corrected chi connectivity index (χ0v) is 16.3. The Morgan fingerprint density at radius 1 is 1.00 bits per heavy atom. The van der Waals surface area contributed by atoms with Crippen LogP contribution in [0.3, 0.4) is 0 Å². The van der Waals surface area contributed by atoms with Gasteiger partial charge in [0.1, 0.15) is 11.6 Å². The largest absolute Gasteiger partial charge is 0.496 e. The molecule has 6 nitrogen and oxygen atoms in total. The molecule has 0 atom stereocenters. The van der Waals surface area contributed by atoms with E-state index in [1.54, 1.807) is 19.2 Å². The van der Waals surface area contributed by atoms with Crippen molar-refractivity contribution in [2.75, 3.05) is 24.3 Å². The van der Waals surface area contributed by atoms with Gasteiger partial charge in [-0.25, -0.2) is 0 Å². The van der Waals surface area contributed by atoms with Crippen molar-refractivity contribution in [2.24, 2.45) is 0 Å². The zero-order valence-electron chi connectivity index (χ0n) is 16.3. The van der Waals surface area contributed by atoms with Crippen LogP contribution in [0, 0.1) is 13.8 Å². The molecule has 3 rings (SSSR count). The lowest BCUT2D eigenvalue weighted by Gasteiger charge is -2.10. The van der Waals surface area contributed by atoms with E-state index in [1.165, 1.54) is 0 Å². The van der Waals surface area contributed by atoms with Gasteiger partial charge in [0.25, 0.3) is 5.91 Å². The molecule has 0 radical (unpaired) electrons. The highest BCUT2D eigenvalue weighted by Crippen LogP contribution is 2.19. The number of carbonyl (C=O) groups excluding carboxylic acids is 1. The number of nitrogens with zero attached hydrogens (tertiary/aromatic N) is 2. The Morgan fingerprint density at radius 3 is 2.57 bits per heavy atom. The molecule has 0 saturated heterocycles. The molecule has 1 heterocycles. The van der Waals surface area contributed by atoms with Crippen molar-refractivity contribution < 1.29 is 9.53 Å². The Labute approximate surface area is 165 Å². The first-order valence-electron chi connectivity index (χ1n) is 9.15. The van der Waals surface area contributed by atoms with E-state index in [-0.39, 0.29) is 11.6 Å². The fraction of sp³-hybridized carbons (Fsp3) is 0.227. The lowest BCUT2D eigenvalue weighted by atomic mass is 10.1. The number of carbonyl (C=O) groups is 1. The van der Waals surface area contributed by atoms with E-state index >= 15 is 0 Å². The monoisotopic (exact) mass is 376 g/mol. The van der Waals surface area contributed by atoms with Crippen LogP contribution < -0.4 is 15.4 Å². The van der Waals surface area contributed by atoms with Gasteiger partial charge in [0.2, 0.25) is 0 Å². The van der Waals surface area contributed by atoms with Crippen molar-refractivity contribution in [3.8, 4) is 5.75 Å². The van der Waals surface area contributed by atoms with Crippen LogP contribution in [-0.2, 0) is 6.42 Å². The maximum Gasteiger partial charge on any atom is 0.276 e. The number of ether oxygens (including phenoxy) is 1. The molecule has 3 aromatic rings. The number of aromatic nitrogens is 2.